The van der Waals surface area contributed by atoms with E-state index in [2.05, 4.69) is 10.6 Å². The van der Waals surface area contributed by atoms with Crippen LogP contribution in [-0.4, -0.2) is 23.9 Å². The Morgan fingerprint density at radius 2 is 1.81 bits per heavy atom. The summed E-state index contributed by atoms with van der Waals surface area (Å²) in [6.45, 7) is 1.86. The lowest BCUT2D eigenvalue weighted by Crippen LogP contribution is -2.41. The van der Waals surface area contributed by atoms with E-state index in [0.717, 1.165) is 12.8 Å². The highest BCUT2D eigenvalue weighted by atomic mass is 16.2. The maximum Gasteiger partial charge on any atom is 0.251 e. The van der Waals surface area contributed by atoms with Crippen molar-refractivity contribution < 1.29 is 9.59 Å². The first-order chi connectivity index (χ1) is 10.1. The summed E-state index contributed by atoms with van der Waals surface area (Å²) in [4.78, 5) is 24.0. The molecule has 114 valence electrons. The molecule has 2 rings (SSSR count). The molecule has 0 spiro atoms. The molecule has 1 aliphatic rings. The zero-order valence-corrected chi connectivity index (χ0v) is 12.6. The van der Waals surface area contributed by atoms with Crippen LogP contribution in [0.3, 0.4) is 0 Å². The minimum Gasteiger partial charge on any atom is -0.353 e. The lowest BCUT2D eigenvalue weighted by molar-refractivity contribution is -0.122. The Balaban J connectivity index is 1.74. The largest absolute Gasteiger partial charge is 0.353 e. The van der Waals surface area contributed by atoms with E-state index < -0.39 is 0 Å². The van der Waals surface area contributed by atoms with Gasteiger partial charge in [-0.05, 0) is 31.9 Å². The first-order valence-electron chi connectivity index (χ1n) is 7.80. The van der Waals surface area contributed by atoms with Crippen molar-refractivity contribution in [2.75, 3.05) is 0 Å². The number of carbonyl (C=O) groups excluding carboxylic acids is 2. The Morgan fingerprint density at radius 3 is 2.48 bits per heavy atom. The highest BCUT2D eigenvalue weighted by molar-refractivity contribution is 5.94. The molecule has 1 aromatic carbocycles. The van der Waals surface area contributed by atoms with Crippen molar-refractivity contribution in [2.45, 2.75) is 57.5 Å². The van der Waals surface area contributed by atoms with E-state index in [9.17, 15) is 9.59 Å². The summed E-state index contributed by atoms with van der Waals surface area (Å²) in [6, 6.07) is 9.22. The van der Waals surface area contributed by atoms with Gasteiger partial charge in [0.15, 0.2) is 0 Å². The Kier molecular flexibility index (Phi) is 5.78. The molecule has 4 nitrogen and oxygen atoms in total. The zero-order chi connectivity index (χ0) is 15.1. The van der Waals surface area contributed by atoms with Crippen molar-refractivity contribution in [3.63, 3.8) is 0 Å². The third-order valence-electron chi connectivity index (χ3n) is 3.88. The van der Waals surface area contributed by atoms with Gasteiger partial charge in [0.05, 0.1) is 0 Å². The first-order valence-corrected chi connectivity index (χ1v) is 7.80. The molecular weight excluding hydrogens is 264 g/mol. The van der Waals surface area contributed by atoms with Gasteiger partial charge in [0, 0.05) is 24.1 Å². The van der Waals surface area contributed by atoms with Crippen LogP contribution in [0.1, 0.15) is 55.8 Å². The predicted molar refractivity (Wildman–Crippen MR) is 83.0 cm³/mol. The van der Waals surface area contributed by atoms with E-state index in [1.165, 1.54) is 19.3 Å². The maximum absolute atomic E-state index is 12.0. The SMILES string of the molecule is CC(CC(=O)NC1CCCCC1)NC(=O)c1ccccc1. The molecule has 1 fully saturated rings. The Hall–Kier alpha value is -1.84. The van der Waals surface area contributed by atoms with Crippen LogP contribution in [0.15, 0.2) is 30.3 Å². The maximum atomic E-state index is 12.0. The summed E-state index contributed by atoms with van der Waals surface area (Å²) < 4.78 is 0. The lowest BCUT2D eigenvalue weighted by atomic mass is 9.95. The topological polar surface area (TPSA) is 58.2 Å². The summed E-state index contributed by atoms with van der Waals surface area (Å²) in [6.07, 6.45) is 6.16. The van der Waals surface area contributed by atoms with Crippen molar-refractivity contribution in [3.05, 3.63) is 35.9 Å². The van der Waals surface area contributed by atoms with Gasteiger partial charge in [-0.25, -0.2) is 0 Å². The molecule has 1 saturated carbocycles. The summed E-state index contributed by atoms with van der Waals surface area (Å²) in [7, 11) is 0. The molecule has 1 unspecified atom stereocenters. The number of carbonyl (C=O) groups is 2. The molecule has 0 aliphatic heterocycles. The lowest BCUT2D eigenvalue weighted by Gasteiger charge is -2.23. The number of hydrogen-bond acceptors (Lipinski definition) is 2. The van der Waals surface area contributed by atoms with Crippen molar-refractivity contribution in [1.29, 1.82) is 0 Å². The van der Waals surface area contributed by atoms with E-state index in [0.29, 0.717) is 18.0 Å². The highest BCUT2D eigenvalue weighted by Gasteiger charge is 2.18. The fourth-order valence-corrected chi connectivity index (χ4v) is 2.76. The molecule has 2 amide bonds. The molecule has 21 heavy (non-hydrogen) atoms. The van der Waals surface area contributed by atoms with Gasteiger partial charge >= 0.3 is 0 Å². The normalized spacial score (nSPS) is 17.0. The van der Waals surface area contributed by atoms with Gasteiger partial charge in [0.1, 0.15) is 0 Å². The average Bonchev–Trinajstić information content (AvgIpc) is 2.48. The first kappa shape index (κ1) is 15.5. The monoisotopic (exact) mass is 288 g/mol. The number of rotatable bonds is 5. The molecule has 2 N–H and O–H groups in total. The van der Waals surface area contributed by atoms with Gasteiger partial charge in [0.25, 0.3) is 5.91 Å². The quantitative estimate of drug-likeness (QED) is 0.875. The molecule has 0 aromatic heterocycles. The van der Waals surface area contributed by atoms with Crippen molar-refractivity contribution in [2.24, 2.45) is 0 Å². The zero-order valence-electron chi connectivity index (χ0n) is 12.6. The molecule has 0 saturated heterocycles. The van der Waals surface area contributed by atoms with Crippen molar-refractivity contribution in [1.82, 2.24) is 10.6 Å². The molecule has 1 aliphatic carbocycles. The third kappa shape index (κ3) is 5.21. The van der Waals surface area contributed by atoms with E-state index >= 15 is 0 Å². The van der Waals surface area contributed by atoms with Crippen LogP contribution in [0.4, 0.5) is 0 Å². The van der Waals surface area contributed by atoms with Crippen molar-refractivity contribution >= 4 is 11.8 Å². The van der Waals surface area contributed by atoms with Crippen LogP contribution in [0, 0.1) is 0 Å². The predicted octanol–water partition coefficient (Wildman–Crippen LogP) is 2.64. The minimum atomic E-state index is -0.165. The van der Waals surface area contributed by atoms with Gasteiger partial charge in [-0.15, -0.1) is 0 Å². The summed E-state index contributed by atoms with van der Waals surface area (Å²) in [5, 5.41) is 5.94. The Morgan fingerprint density at radius 1 is 1.14 bits per heavy atom. The van der Waals surface area contributed by atoms with Gasteiger partial charge in [-0.3, -0.25) is 9.59 Å². The minimum absolute atomic E-state index is 0.0303. The molecule has 1 aromatic rings. The third-order valence-corrected chi connectivity index (χ3v) is 3.88. The molecule has 0 radical (unpaired) electrons. The van der Waals surface area contributed by atoms with E-state index in [-0.39, 0.29) is 17.9 Å². The molecule has 4 heteroatoms. The number of hydrogen-bond donors (Lipinski definition) is 2. The molecule has 0 bridgehead atoms. The highest BCUT2D eigenvalue weighted by Crippen LogP contribution is 2.17. The van der Waals surface area contributed by atoms with E-state index in [4.69, 9.17) is 0 Å². The number of nitrogens with one attached hydrogen (secondary N) is 2. The fraction of sp³-hybridized carbons (Fsp3) is 0.529. The Labute approximate surface area is 126 Å². The van der Waals surface area contributed by atoms with Gasteiger partial charge in [-0.1, -0.05) is 37.5 Å². The molecule has 1 atom stereocenters. The summed E-state index contributed by atoms with van der Waals surface area (Å²) in [5.41, 5.74) is 0.622. The second kappa shape index (κ2) is 7.81. The van der Waals surface area contributed by atoms with E-state index in [1.54, 1.807) is 12.1 Å². The average molecular weight is 288 g/mol. The van der Waals surface area contributed by atoms with Crippen molar-refractivity contribution in [3.8, 4) is 0 Å². The van der Waals surface area contributed by atoms with Gasteiger partial charge in [0.2, 0.25) is 5.91 Å². The standard InChI is InChI=1S/C17H24N2O2/c1-13(18-17(21)14-8-4-2-5-9-14)12-16(20)19-15-10-6-3-7-11-15/h2,4-5,8-9,13,15H,3,6-7,10-12H2,1H3,(H,18,21)(H,19,20). The smallest absolute Gasteiger partial charge is 0.251 e. The van der Waals surface area contributed by atoms with Crippen LogP contribution >= 0.6 is 0 Å². The second-order valence-electron chi connectivity index (χ2n) is 5.85. The Bertz CT molecular complexity index is 467. The van der Waals surface area contributed by atoms with Crippen LogP contribution in [0.5, 0.6) is 0 Å². The summed E-state index contributed by atoms with van der Waals surface area (Å²) in [5.74, 6) is -0.101. The van der Waals surface area contributed by atoms with Crippen LogP contribution in [0.2, 0.25) is 0 Å². The van der Waals surface area contributed by atoms with E-state index in [1.807, 2.05) is 25.1 Å². The van der Waals surface area contributed by atoms with Crippen LogP contribution in [-0.2, 0) is 4.79 Å². The fourth-order valence-electron chi connectivity index (χ4n) is 2.76. The number of benzene rings is 1. The van der Waals surface area contributed by atoms with Crippen LogP contribution < -0.4 is 10.6 Å². The number of amides is 2. The second-order valence-corrected chi connectivity index (χ2v) is 5.85. The van der Waals surface area contributed by atoms with Gasteiger partial charge < -0.3 is 10.6 Å². The molecule has 0 heterocycles. The summed E-state index contributed by atoms with van der Waals surface area (Å²) >= 11 is 0. The molecular formula is C17H24N2O2. The van der Waals surface area contributed by atoms with Gasteiger partial charge in [-0.2, -0.15) is 0 Å². The van der Waals surface area contributed by atoms with Crippen LogP contribution in [0.25, 0.3) is 0 Å².